The molecule has 0 radical (unpaired) electrons. The molecule has 0 aromatic heterocycles. The van der Waals surface area contributed by atoms with Crippen LogP contribution in [0.15, 0.2) is 36.9 Å². The fraction of sp³-hybridized carbons (Fsp3) is 0.400. The van der Waals surface area contributed by atoms with Crippen molar-refractivity contribution in [3.05, 3.63) is 36.9 Å². The van der Waals surface area contributed by atoms with Crippen LogP contribution < -0.4 is 10.1 Å². The Morgan fingerprint density at radius 3 is 2.65 bits per heavy atom. The maximum atomic E-state index is 11.4. The smallest absolute Gasteiger partial charge is 0.247 e. The third kappa shape index (κ3) is 3.87. The van der Waals surface area contributed by atoms with Gasteiger partial charge in [0.15, 0.2) is 12.4 Å². The van der Waals surface area contributed by atoms with E-state index >= 15 is 0 Å². The second-order valence-corrected chi connectivity index (χ2v) is 5.00. The van der Waals surface area contributed by atoms with Gasteiger partial charge in [0.05, 0.1) is 12.3 Å². The van der Waals surface area contributed by atoms with E-state index in [1.54, 1.807) is 18.2 Å². The van der Waals surface area contributed by atoms with Crippen LogP contribution in [0.1, 0.15) is 0 Å². The van der Waals surface area contributed by atoms with Crippen LogP contribution in [0.3, 0.4) is 0 Å². The minimum Gasteiger partial charge on any atom is -0.480 e. The molecule has 0 spiro atoms. The summed E-state index contributed by atoms with van der Waals surface area (Å²) in [4.78, 5) is 11.4. The highest BCUT2D eigenvalue weighted by Gasteiger charge is 2.45. The fourth-order valence-corrected chi connectivity index (χ4v) is 2.20. The number of hydrogen-bond acceptors (Lipinski definition) is 7. The van der Waals surface area contributed by atoms with Crippen LogP contribution in [0, 0.1) is 0 Å². The van der Waals surface area contributed by atoms with Gasteiger partial charge in [-0.2, -0.15) is 0 Å². The number of rotatable bonds is 5. The number of anilines is 1. The molecule has 5 atom stereocenters. The zero-order chi connectivity index (χ0) is 17.0. The van der Waals surface area contributed by atoms with Gasteiger partial charge in [0.25, 0.3) is 0 Å². The number of para-hydroxylation sites is 2. The van der Waals surface area contributed by atoms with Gasteiger partial charge in [0.2, 0.25) is 5.91 Å². The van der Waals surface area contributed by atoms with E-state index in [9.17, 15) is 20.1 Å². The first kappa shape index (κ1) is 17.4. The lowest BCUT2D eigenvalue weighted by atomic mass is 9.99. The van der Waals surface area contributed by atoms with Crippen LogP contribution in [0.4, 0.5) is 5.69 Å². The molecule has 0 bridgehead atoms. The molecule has 1 fully saturated rings. The van der Waals surface area contributed by atoms with Gasteiger partial charge in [-0.15, -0.1) is 0 Å². The molecule has 1 aliphatic rings. The van der Waals surface area contributed by atoms with Crippen LogP contribution >= 0.6 is 0 Å². The Bertz CT molecular complexity index is 565. The average Bonchev–Trinajstić information content (AvgIpc) is 2.56. The van der Waals surface area contributed by atoms with E-state index in [0.717, 1.165) is 6.08 Å². The molecule has 5 N–H and O–H groups in total. The van der Waals surface area contributed by atoms with Crippen molar-refractivity contribution in [1.82, 2.24) is 0 Å². The van der Waals surface area contributed by atoms with E-state index in [1.807, 2.05) is 0 Å². The van der Waals surface area contributed by atoms with Crippen molar-refractivity contribution in [2.45, 2.75) is 30.7 Å². The molecule has 1 amide bonds. The minimum absolute atomic E-state index is 0.170. The summed E-state index contributed by atoms with van der Waals surface area (Å²) >= 11 is 0. The normalized spacial score (nSPS) is 30.5. The van der Waals surface area contributed by atoms with E-state index in [2.05, 4.69) is 11.9 Å². The molecule has 1 aliphatic heterocycles. The van der Waals surface area contributed by atoms with Gasteiger partial charge < -0.3 is 35.2 Å². The third-order valence-electron chi connectivity index (χ3n) is 3.44. The van der Waals surface area contributed by atoms with Gasteiger partial charge in [0.1, 0.15) is 24.1 Å². The SMILES string of the molecule is C=CC(=O)Nc1ccccc1O[C@H]1[C@@H](O)[C@H](O)[C@@H](CO)O[C@@H]1O. The van der Waals surface area contributed by atoms with Crippen LogP contribution in [-0.4, -0.2) is 63.6 Å². The molecule has 8 nitrogen and oxygen atoms in total. The number of hydrogen-bond donors (Lipinski definition) is 5. The highest BCUT2D eigenvalue weighted by atomic mass is 16.7. The average molecular weight is 325 g/mol. The molecular weight excluding hydrogens is 306 g/mol. The number of carbonyl (C=O) groups excluding carboxylic acids is 1. The van der Waals surface area contributed by atoms with Gasteiger partial charge in [-0.05, 0) is 18.2 Å². The molecule has 1 heterocycles. The summed E-state index contributed by atoms with van der Waals surface area (Å²) in [5.74, 6) is -0.286. The number of aliphatic hydroxyl groups is 4. The maximum Gasteiger partial charge on any atom is 0.247 e. The van der Waals surface area contributed by atoms with Gasteiger partial charge in [-0.1, -0.05) is 18.7 Å². The summed E-state index contributed by atoms with van der Waals surface area (Å²) in [5.41, 5.74) is 0.301. The predicted molar refractivity (Wildman–Crippen MR) is 79.7 cm³/mol. The van der Waals surface area contributed by atoms with Crippen molar-refractivity contribution >= 4 is 11.6 Å². The first-order chi connectivity index (χ1) is 11.0. The lowest BCUT2D eigenvalue weighted by Crippen LogP contribution is -2.60. The number of aliphatic hydroxyl groups excluding tert-OH is 4. The zero-order valence-corrected chi connectivity index (χ0v) is 12.2. The van der Waals surface area contributed by atoms with E-state index in [-0.39, 0.29) is 5.75 Å². The highest BCUT2D eigenvalue weighted by Crippen LogP contribution is 2.29. The molecule has 23 heavy (non-hydrogen) atoms. The molecule has 1 aromatic rings. The van der Waals surface area contributed by atoms with Crippen LogP contribution in [0.5, 0.6) is 5.75 Å². The van der Waals surface area contributed by atoms with Crippen molar-refractivity contribution in [3.63, 3.8) is 0 Å². The van der Waals surface area contributed by atoms with Crippen LogP contribution in [-0.2, 0) is 9.53 Å². The summed E-state index contributed by atoms with van der Waals surface area (Å²) in [6.07, 6.45) is -5.80. The Balaban J connectivity index is 2.18. The summed E-state index contributed by atoms with van der Waals surface area (Å²) in [6, 6.07) is 6.37. The molecule has 2 rings (SSSR count). The highest BCUT2D eigenvalue weighted by molar-refractivity contribution is 5.99. The second-order valence-electron chi connectivity index (χ2n) is 5.00. The molecule has 1 saturated heterocycles. The first-order valence-corrected chi connectivity index (χ1v) is 6.97. The Morgan fingerprint density at radius 1 is 1.30 bits per heavy atom. The minimum atomic E-state index is -1.56. The fourth-order valence-electron chi connectivity index (χ4n) is 2.20. The molecule has 1 aromatic carbocycles. The number of amides is 1. The van der Waals surface area contributed by atoms with Crippen molar-refractivity contribution in [1.29, 1.82) is 0 Å². The summed E-state index contributed by atoms with van der Waals surface area (Å²) in [5, 5.41) is 41.4. The Kier molecular flexibility index (Phi) is 5.69. The predicted octanol–water partition coefficient (Wildman–Crippen LogP) is -1.01. The lowest BCUT2D eigenvalue weighted by molar-refractivity contribution is -0.280. The Morgan fingerprint density at radius 2 is 2.00 bits per heavy atom. The standard InChI is InChI=1S/C15H19NO7/c1-2-11(18)16-8-5-3-4-6-9(8)22-14-13(20)12(19)10(7-17)23-15(14)21/h2-6,10,12-15,17,19-21H,1,7H2,(H,16,18)/t10-,12-,13+,14+,15+/m1/s1. The Labute approximate surface area is 132 Å². The monoisotopic (exact) mass is 325 g/mol. The van der Waals surface area contributed by atoms with Crippen molar-refractivity contribution in [3.8, 4) is 5.75 Å². The molecule has 0 unspecified atom stereocenters. The van der Waals surface area contributed by atoms with Crippen LogP contribution in [0.25, 0.3) is 0 Å². The van der Waals surface area contributed by atoms with Gasteiger partial charge in [-0.3, -0.25) is 4.79 Å². The third-order valence-corrected chi connectivity index (χ3v) is 3.44. The van der Waals surface area contributed by atoms with E-state index in [4.69, 9.17) is 14.6 Å². The molecule has 126 valence electrons. The van der Waals surface area contributed by atoms with Crippen molar-refractivity contribution < 1.29 is 34.7 Å². The molecule has 8 heteroatoms. The van der Waals surface area contributed by atoms with Crippen LogP contribution in [0.2, 0.25) is 0 Å². The molecular formula is C15H19NO7. The van der Waals surface area contributed by atoms with E-state index < -0.39 is 43.2 Å². The van der Waals surface area contributed by atoms with E-state index in [0.29, 0.717) is 5.69 Å². The summed E-state index contributed by atoms with van der Waals surface area (Å²) in [6.45, 7) is 2.78. The second kappa shape index (κ2) is 7.53. The van der Waals surface area contributed by atoms with Crippen molar-refractivity contribution in [2.24, 2.45) is 0 Å². The molecule has 0 aliphatic carbocycles. The maximum absolute atomic E-state index is 11.4. The number of benzene rings is 1. The Hall–Kier alpha value is -1.97. The quantitative estimate of drug-likeness (QED) is 0.439. The lowest BCUT2D eigenvalue weighted by Gasteiger charge is -2.40. The van der Waals surface area contributed by atoms with Crippen molar-refractivity contribution in [2.75, 3.05) is 11.9 Å². The van der Waals surface area contributed by atoms with E-state index in [1.165, 1.54) is 6.07 Å². The zero-order valence-electron chi connectivity index (χ0n) is 12.2. The topological polar surface area (TPSA) is 128 Å². The van der Waals surface area contributed by atoms with Gasteiger partial charge in [-0.25, -0.2) is 0 Å². The summed E-state index contributed by atoms with van der Waals surface area (Å²) in [7, 11) is 0. The largest absolute Gasteiger partial charge is 0.480 e. The molecule has 0 saturated carbocycles. The number of ether oxygens (including phenoxy) is 2. The van der Waals surface area contributed by atoms with Gasteiger partial charge in [0, 0.05) is 0 Å². The number of nitrogens with one attached hydrogen (secondary N) is 1. The number of carbonyl (C=O) groups is 1. The summed E-state index contributed by atoms with van der Waals surface area (Å²) < 4.78 is 10.5. The first-order valence-electron chi connectivity index (χ1n) is 6.97. The van der Waals surface area contributed by atoms with Gasteiger partial charge >= 0.3 is 0 Å².